The van der Waals surface area contributed by atoms with E-state index in [9.17, 15) is 9.59 Å². The summed E-state index contributed by atoms with van der Waals surface area (Å²) in [5.41, 5.74) is 1.04. The molecular weight excluding hydrogens is 320 g/mol. The molecule has 0 spiro atoms. The molecule has 1 atom stereocenters. The van der Waals surface area contributed by atoms with Crippen LogP contribution in [0.5, 0.6) is 5.75 Å². The summed E-state index contributed by atoms with van der Waals surface area (Å²) in [7, 11) is 0. The first-order valence-corrected chi connectivity index (χ1v) is 9.15. The van der Waals surface area contributed by atoms with Gasteiger partial charge in [0.05, 0.1) is 11.3 Å². The van der Waals surface area contributed by atoms with Crippen molar-refractivity contribution in [2.75, 3.05) is 38.2 Å². The smallest absolute Gasteiger partial charge is 0.262 e. The van der Waals surface area contributed by atoms with Crippen LogP contribution < -0.4 is 10.1 Å². The van der Waals surface area contributed by atoms with E-state index in [2.05, 4.69) is 5.32 Å². The van der Waals surface area contributed by atoms with Crippen molar-refractivity contribution < 1.29 is 19.1 Å². The maximum absolute atomic E-state index is 13.1. The van der Waals surface area contributed by atoms with Crippen molar-refractivity contribution in [1.29, 1.82) is 0 Å². The second-order valence-electron chi connectivity index (χ2n) is 7.12. The summed E-state index contributed by atoms with van der Waals surface area (Å²) in [6.07, 6.45) is 4.40. The van der Waals surface area contributed by atoms with E-state index in [-0.39, 0.29) is 18.4 Å². The van der Waals surface area contributed by atoms with Crippen LogP contribution in [0.25, 0.3) is 0 Å². The summed E-state index contributed by atoms with van der Waals surface area (Å²) < 4.78 is 10.9. The minimum absolute atomic E-state index is 0.000182. The Hall–Kier alpha value is -2.08. The highest BCUT2D eigenvalue weighted by molar-refractivity contribution is 6.06. The molecule has 6 heteroatoms. The van der Waals surface area contributed by atoms with Gasteiger partial charge in [0.25, 0.3) is 11.8 Å². The van der Waals surface area contributed by atoms with Gasteiger partial charge in [-0.3, -0.25) is 9.59 Å². The number of carbonyl (C=O) groups is 2. The highest BCUT2D eigenvalue weighted by atomic mass is 16.5. The third kappa shape index (κ3) is 3.35. The van der Waals surface area contributed by atoms with Crippen molar-refractivity contribution in [2.24, 2.45) is 11.8 Å². The molecule has 3 heterocycles. The van der Waals surface area contributed by atoms with Gasteiger partial charge in [-0.25, -0.2) is 0 Å². The molecular formula is C19H24N2O4. The minimum Gasteiger partial charge on any atom is -0.482 e. The normalized spacial score (nSPS) is 24.2. The van der Waals surface area contributed by atoms with Crippen LogP contribution in [0.1, 0.15) is 36.0 Å². The van der Waals surface area contributed by atoms with Crippen LogP contribution in [0.3, 0.4) is 0 Å². The average Bonchev–Trinajstić information content (AvgIpc) is 2.68. The first kappa shape index (κ1) is 16.4. The first-order chi connectivity index (χ1) is 12.2. The third-order valence-electron chi connectivity index (χ3n) is 5.56. The van der Waals surface area contributed by atoms with Crippen LogP contribution in [0, 0.1) is 11.8 Å². The maximum Gasteiger partial charge on any atom is 0.262 e. The Morgan fingerprint density at radius 2 is 2.00 bits per heavy atom. The monoisotopic (exact) mass is 344 g/mol. The van der Waals surface area contributed by atoms with E-state index in [1.807, 2.05) is 11.0 Å². The van der Waals surface area contributed by atoms with Gasteiger partial charge in [0.1, 0.15) is 5.75 Å². The number of benzene rings is 1. The summed E-state index contributed by atoms with van der Waals surface area (Å²) in [5, 5.41) is 2.80. The number of likely N-dealkylation sites (tertiary alicyclic amines) is 1. The number of nitrogens with zero attached hydrogens (tertiary/aromatic N) is 1. The van der Waals surface area contributed by atoms with Crippen molar-refractivity contribution in [2.45, 2.75) is 25.7 Å². The zero-order valence-electron chi connectivity index (χ0n) is 14.3. The number of para-hydroxylation sites is 1. The van der Waals surface area contributed by atoms with Gasteiger partial charge in [0, 0.05) is 26.3 Å². The molecule has 2 amide bonds. The number of nitrogens with one attached hydrogen (secondary N) is 1. The van der Waals surface area contributed by atoms with Crippen molar-refractivity contribution in [3.63, 3.8) is 0 Å². The predicted molar refractivity (Wildman–Crippen MR) is 92.7 cm³/mol. The summed E-state index contributed by atoms with van der Waals surface area (Å²) in [4.78, 5) is 26.7. The largest absolute Gasteiger partial charge is 0.482 e. The molecule has 1 unspecified atom stereocenters. The summed E-state index contributed by atoms with van der Waals surface area (Å²) in [5.74, 6) is 1.54. The number of hydrogen-bond acceptors (Lipinski definition) is 4. The van der Waals surface area contributed by atoms with E-state index in [0.29, 0.717) is 28.8 Å². The second-order valence-corrected chi connectivity index (χ2v) is 7.12. The lowest BCUT2D eigenvalue weighted by Crippen LogP contribution is -2.43. The molecule has 134 valence electrons. The first-order valence-electron chi connectivity index (χ1n) is 9.15. The molecule has 0 aromatic heterocycles. The lowest BCUT2D eigenvalue weighted by molar-refractivity contribution is -0.118. The average molecular weight is 344 g/mol. The highest BCUT2D eigenvalue weighted by Gasteiger charge is 2.32. The van der Waals surface area contributed by atoms with Crippen LogP contribution in [0.4, 0.5) is 5.69 Å². The zero-order chi connectivity index (χ0) is 17.2. The SMILES string of the molecule is O=C1COc2cccc(C(=O)N3CCCC(C4CCOCC4)C3)c2N1. The van der Waals surface area contributed by atoms with Gasteiger partial charge in [-0.2, -0.15) is 0 Å². The summed E-state index contributed by atoms with van der Waals surface area (Å²) in [6, 6.07) is 5.37. The Morgan fingerprint density at radius 1 is 1.16 bits per heavy atom. The number of carbonyl (C=O) groups excluding carboxylic acids is 2. The molecule has 0 aliphatic carbocycles. The molecule has 0 saturated carbocycles. The fourth-order valence-electron chi connectivity index (χ4n) is 4.21. The van der Waals surface area contributed by atoms with Gasteiger partial charge in [0.2, 0.25) is 0 Å². The van der Waals surface area contributed by atoms with Crippen LogP contribution in [-0.4, -0.2) is 49.6 Å². The molecule has 2 fully saturated rings. The standard InChI is InChI=1S/C19H24N2O4/c22-17-12-25-16-5-1-4-15(18(16)20-17)19(23)21-8-2-3-14(11-21)13-6-9-24-10-7-13/h1,4-5,13-14H,2-3,6-12H2,(H,20,22). The Kier molecular flexibility index (Phi) is 4.61. The number of fused-ring (bicyclic) bond motifs is 1. The van der Waals surface area contributed by atoms with E-state index < -0.39 is 0 Å². The van der Waals surface area contributed by atoms with Gasteiger partial charge < -0.3 is 19.7 Å². The lowest BCUT2D eigenvalue weighted by Gasteiger charge is -2.38. The summed E-state index contributed by atoms with van der Waals surface area (Å²) in [6.45, 7) is 3.24. The van der Waals surface area contributed by atoms with Crippen molar-refractivity contribution in [3.8, 4) is 5.75 Å². The lowest BCUT2D eigenvalue weighted by atomic mass is 9.81. The van der Waals surface area contributed by atoms with E-state index in [1.54, 1.807) is 12.1 Å². The van der Waals surface area contributed by atoms with Gasteiger partial charge in [-0.05, 0) is 49.7 Å². The highest BCUT2D eigenvalue weighted by Crippen LogP contribution is 2.35. The molecule has 25 heavy (non-hydrogen) atoms. The maximum atomic E-state index is 13.1. The quantitative estimate of drug-likeness (QED) is 0.894. The van der Waals surface area contributed by atoms with E-state index in [0.717, 1.165) is 45.6 Å². The van der Waals surface area contributed by atoms with Crippen LogP contribution in [0.15, 0.2) is 18.2 Å². The number of rotatable bonds is 2. The predicted octanol–water partition coefficient (Wildman–Crippen LogP) is 2.30. The van der Waals surface area contributed by atoms with Gasteiger partial charge in [-0.1, -0.05) is 6.07 Å². The van der Waals surface area contributed by atoms with Crippen molar-refractivity contribution >= 4 is 17.5 Å². The fraction of sp³-hybridized carbons (Fsp3) is 0.579. The zero-order valence-corrected chi connectivity index (χ0v) is 14.3. The van der Waals surface area contributed by atoms with Crippen LogP contribution in [-0.2, 0) is 9.53 Å². The molecule has 3 aliphatic heterocycles. The molecule has 4 rings (SSSR count). The van der Waals surface area contributed by atoms with E-state index >= 15 is 0 Å². The summed E-state index contributed by atoms with van der Waals surface area (Å²) >= 11 is 0. The molecule has 2 saturated heterocycles. The van der Waals surface area contributed by atoms with Gasteiger partial charge in [0.15, 0.2) is 6.61 Å². The molecule has 0 radical (unpaired) electrons. The molecule has 1 aromatic rings. The molecule has 1 N–H and O–H groups in total. The number of ether oxygens (including phenoxy) is 2. The number of hydrogen-bond donors (Lipinski definition) is 1. The van der Waals surface area contributed by atoms with E-state index in [4.69, 9.17) is 9.47 Å². The van der Waals surface area contributed by atoms with Crippen molar-refractivity contribution in [1.82, 2.24) is 4.90 Å². The Labute approximate surface area is 147 Å². The van der Waals surface area contributed by atoms with Crippen LogP contribution >= 0.6 is 0 Å². The molecule has 6 nitrogen and oxygen atoms in total. The Balaban J connectivity index is 1.52. The molecule has 0 bridgehead atoms. The topological polar surface area (TPSA) is 67.9 Å². The van der Waals surface area contributed by atoms with Gasteiger partial charge in [-0.15, -0.1) is 0 Å². The minimum atomic E-state index is -0.216. The van der Waals surface area contributed by atoms with Crippen molar-refractivity contribution in [3.05, 3.63) is 23.8 Å². The second kappa shape index (κ2) is 7.04. The van der Waals surface area contributed by atoms with E-state index in [1.165, 1.54) is 6.42 Å². The number of piperidine rings is 1. The molecule has 1 aromatic carbocycles. The Morgan fingerprint density at radius 3 is 2.84 bits per heavy atom. The number of anilines is 1. The van der Waals surface area contributed by atoms with Crippen LogP contribution in [0.2, 0.25) is 0 Å². The number of amides is 2. The third-order valence-corrected chi connectivity index (χ3v) is 5.56. The fourth-order valence-corrected chi connectivity index (χ4v) is 4.21. The molecule has 3 aliphatic rings. The van der Waals surface area contributed by atoms with Gasteiger partial charge >= 0.3 is 0 Å². The Bertz CT molecular complexity index is 669.